The molecular formula is C30H39N7O4. The second-order valence-electron chi connectivity index (χ2n) is 12.1. The number of piperidine rings is 1. The van der Waals surface area contributed by atoms with Crippen LogP contribution in [0.25, 0.3) is 5.65 Å². The molecule has 2 fully saturated rings. The first-order valence-electron chi connectivity index (χ1n) is 14.2. The Morgan fingerprint density at radius 2 is 1.83 bits per heavy atom. The molecule has 4 heterocycles. The van der Waals surface area contributed by atoms with Gasteiger partial charge in [0.1, 0.15) is 11.4 Å². The molecule has 3 amide bonds. The number of aromatic nitrogens is 3. The summed E-state index contributed by atoms with van der Waals surface area (Å²) in [5, 5.41) is 10.6. The van der Waals surface area contributed by atoms with Crippen LogP contribution in [0.2, 0.25) is 0 Å². The Labute approximate surface area is 240 Å². The van der Waals surface area contributed by atoms with Crippen LogP contribution in [0.3, 0.4) is 0 Å². The van der Waals surface area contributed by atoms with Crippen LogP contribution in [0.1, 0.15) is 80.2 Å². The van der Waals surface area contributed by atoms with E-state index in [0.717, 1.165) is 41.9 Å². The smallest absolute Gasteiger partial charge is 0.407 e. The van der Waals surface area contributed by atoms with Crippen LogP contribution in [0, 0.1) is 13.8 Å². The molecular weight excluding hydrogens is 522 g/mol. The van der Waals surface area contributed by atoms with Crippen LogP contribution >= 0.6 is 0 Å². The van der Waals surface area contributed by atoms with Crippen molar-refractivity contribution in [2.75, 3.05) is 29.9 Å². The number of amides is 3. The number of anilines is 2. The molecule has 0 spiro atoms. The maximum absolute atomic E-state index is 13.9. The maximum Gasteiger partial charge on any atom is 0.407 e. The van der Waals surface area contributed by atoms with Crippen LogP contribution in [0.5, 0.6) is 0 Å². The SMILES string of the molecule is CC(=O)Nc1ccc(C)cc1C(=O)N1CCCC[C@@H]1c1cc2nc(N3CC(NC(=O)OC(C)(C)C)C3)c(C)cn2n1. The molecule has 0 bridgehead atoms. The van der Waals surface area contributed by atoms with Gasteiger partial charge < -0.3 is 25.2 Å². The minimum atomic E-state index is -0.539. The number of rotatable bonds is 5. The highest BCUT2D eigenvalue weighted by Crippen LogP contribution is 2.34. The lowest BCUT2D eigenvalue weighted by Gasteiger charge is -2.41. The van der Waals surface area contributed by atoms with Gasteiger partial charge in [-0.3, -0.25) is 9.59 Å². The average Bonchev–Trinajstić information content (AvgIpc) is 3.27. The van der Waals surface area contributed by atoms with Crippen molar-refractivity contribution in [1.82, 2.24) is 24.8 Å². The lowest BCUT2D eigenvalue weighted by molar-refractivity contribution is -0.114. The normalized spacial score (nSPS) is 17.8. The first-order chi connectivity index (χ1) is 19.4. The zero-order valence-electron chi connectivity index (χ0n) is 24.7. The molecule has 41 heavy (non-hydrogen) atoms. The molecule has 2 N–H and O–H groups in total. The molecule has 0 radical (unpaired) electrons. The second-order valence-corrected chi connectivity index (χ2v) is 12.1. The van der Waals surface area contributed by atoms with Crippen molar-refractivity contribution in [2.45, 2.75) is 78.5 Å². The van der Waals surface area contributed by atoms with Crippen molar-refractivity contribution >= 4 is 35.1 Å². The van der Waals surface area contributed by atoms with E-state index in [1.54, 1.807) is 10.6 Å². The third-order valence-electron chi connectivity index (χ3n) is 7.35. The highest BCUT2D eigenvalue weighted by Gasteiger charge is 2.34. The topological polar surface area (TPSA) is 121 Å². The fraction of sp³-hybridized carbons (Fsp3) is 0.500. The van der Waals surface area contributed by atoms with Gasteiger partial charge in [0.15, 0.2) is 5.65 Å². The van der Waals surface area contributed by atoms with E-state index in [1.807, 2.05) is 63.9 Å². The highest BCUT2D eigenvalue weighted by atomic mass is 16.6. The van der Waals surface area contributed by atoms with Crippen LogP contribution in [0.4, 0.5) is 16.3 Å². The average molecular weight is 562 g/mol. The van der Waals surface area contributed by atoms with Crippen LogP contribution < -0.4 is 15.5 Å². The molecule has 0 saturated carbocycles. The van der Waals surface area contributed by atoms with Gasteiger partial charge in [-0.1, -0.05) is 11.6 Å². The fourth-order valence-electron chi connectivity index (χ4n) is 5.49. The van der Waals surface area contributed by atoms with Crippen molar-refractivity contribution < 1.29 is 19.1 Å². The number of nitrogens with zero attached hydrogens (tertiary/aromatic N) is 5. The number of ether oxygens (including phenoxy) is 1. The van der Waals surface area contributed by atoms with Crippen molar-refractivity contribution in [3.63, 3.8) is 0 Å². The number of hydrogen-bond acceptors (Lipinski definition) is 7. The predicted molar refractivity (Wildman–Crippen MR) is 156 cm³/mol. The van der Waals surface area contributed by atoms with Gasteiger partial charge >= 0.3 is 6.09 Å². The van der Waals surface area contributed by atoms with E-state index in [2.05, 4.69) is 15.5 Å². The Balaban J connectivity index is 1.35. The van der Waals surface area contributed by atoms with Gasteiger partial charge in [-0.15, -0.1) is 0 Å². The monoisotopic (exact) mass is 561 g/mol. The van der Waals surface area contributed by atoms with Crippen LogP contribution in [-0.2, 0) is 9.53 Å². The van der Waals surface area contributed by atoms with E-state index in [0.29, 0.717) is 36.5 Å². The minimum absolute atomic E-state index is 0.00596. The minimum Gasteiger partial charge on any atom is -0.444 e. The quantitative estimate of drug-likeness (QED) is 0.474. The van der Waals surface area contributed by atoms with E-state index in [1.165, 1.54) is 6.92 Å². The highest BCUT2D eigenvalue weighted by molar-refractivity contribution is 6.03. The molecule has 218 valence electrons. The van der Waals surface area contributed by atoms with E-state index < -0.39 is 11.7 Å². The van der Waals surface area contributed by atoms with Gasteiger partial charge in [0.05, 0.1) is 29.0 Å². The zero-order valence-corrected chi connectivity index (χ0v) is 24.7. The summed E-state index contributed by atoms with van der Waals surface area (Å²) < 4.78 is 7.14. The van der Waals surface area contributed by atoms with Gasteiger partial charge in [-0.25, -0.2) is 14.3 Å². The van der Waals surface area contributed by atoms with Gasteiger partial charge in [-0.2, -0.15) is 5.10 Å². The van der Waals surface area contributed by atoms with Crippen LogP contribution in [-0.4, -0.2) is 68.7 Å². The number of likely N-dealkylation sites (tertiary alicyclic amines) is 1. The molecule has 0 aliphatic carbocycles. The fourth-order valence-corrected chi connectivity index (χ4v) is 5.49. The molecule has 1 aromatic carbocycles. The molecule has 3 aromatic rings. The van der Waals surface area contributed by atoms with Crippen molar-refractivity contribution in [3.05, 3.63) is 52.8 Å². The third-order valence-corrected chi connectivity index (χ3v) is 7.35. The van der Waals surface area contributed by atoms with E-state index >= 15 is 0 Å². The summed E-state index contributed by atoms with van der Waals surface area (Å²) in [7, 11) is 0. The van der Waals surface area contributed by atoms with E-state index in [4.69, 9.17) is 14.8 Å². The Morgan fingerprint density at radius 3 is 2.54 bits per heavy atom. The largest absolute Gasteiger partial charge is 0.444 e. The van der Waals surface area contributed by atoms with E-state index in [-0.39, 0.29) is 23.9 Å². The third kappa shape index (κ3) is 6.28. The summed E-state index contributed by atoms with van der Waals surface area (Å²) in [4.78, 5) is 46.7. The summed E-state index contributed by atoms with van der Waals surface area (Å²) >= 11 is 0. The summed E-state index contributed by atoms with van der Waals surface area (Å²) in [5.41, 5.74) is 3.89. The number of nitrogens with one attached hydrogen (secondary N) is 2. The Bertz CT molecular complexity index is 1490. The number of aryl methyl sites for hydroxylation is 2. The Morgan fingerprint density at radius 1 is 1.07 bits per heavy atom. The van der Waals surface area contributed by atoms with E-state index in [9.17, 15) is 14.4 Å². The summed E-state index contributed by atoms with van der Waals surface area (Å²) in [6, 6.07) is 7.26. The molecule has 11 heteroatoms. The van der Waals surface area contributed by atoms with Crippen LogP contribution in [0.15, 0.2) is 30.5 Å². The lowest BCUT2D eigenvalue weighted by atomic mass is 9.97. The molecule has 0 unspecified atom stereocenters. The van der Waals surface area contributed by atoms with Gasteiger partial charge in [0.25, 0.3) is 5.91 Å². The molecule has 11 nitrogen and oxygen atoms in total. The zero-order chi connectivity index (χ0) is 29.5. The number of fused-ring (bicyclic) bond motifs is 1. The Hall–Kier alpha value is -4.15. The van der Waals surface area contributed by atoms with Gasteiger partial charge in [0, 0.05) is 44.4 Å². The molecule has 2 saturated heterocycles. The lowest BCUT2D eigenvalue weighted by Crippen LogP contribution is -2.60. The van der Waals surface area contributed by atoms with Crippen molar-refractivity contribution in [2.24, 2.45) is 0 Å². The molecule has 5 rings (SSSR count). The summed E-state index contributed by atoms with van der Waals surface area (Å²) in [5.74, 6) is 0.514. The number of benzene rings is 1. The first-order valence-corrected chi connectivity index (χ1v) is 14.2. The first kappa shape index (κ1) is 28.4. The Kier molecular flexibility index (Phi) is 7.63. The second kappa shape index (κ2) is 11.0. The molecule has 2 aliphatic heterocycles. The number of carbonyl (C=O) groups excluding carboxylic acids is 3. The predicted octanol–water partition coefficient (Wildman–Crippen LogP) is 4.39. The van der Waals surface area contributed by atoms with Gasteiger partial charge in [-0.05, 0) is 66.0 Å². The summed E-state index contributed by atoms with van der Waals surface area (Å²) in [6.07, 6.45) is 4.25. The maximum atomic E-state index is 13.9. The molecule has 2 aromatic heterocycles. The molecule has 2 aliphatic rings. The van der Waals surface area contributed by atoms with Crippen molar-refractivity contribution in [1.29, 1.82) is 0 Å². The standard InChI is InChI=1S/C30H39N7O4/c1-18-10-11-23(31-20(3)38)22(13-18)28(39)36-12-8-7-9-25(36)24-14-26-33-27(19(2)15-37(26)34-24)35-16-21(17-35)32-29(40)41-30(4,5)6/h10-11,13-15,21,25H,7-9,12,16-17H2,1-6H3,(H,31,38)(H,32,40)/t25-/m1/s1. The van der Waals surface area contributed by atoms with Crippen molar-refractivity contribution in [3.8, 4) is 0 Å². The number of carbonyl (C=O) groups is 3. The summed E-state index contributed by atoms with van der Waals surface area (Å²) in [6.45, 7) is 12.8. The number of hydrogen-bond donors (Lipinski definition) is 2. The molecule has 1 atom stereocenters. The van der Waals surface area contributed by atoms with Gasteiger partial charge in [0.2, 0.25) is 5.91 Å². The number of alkyl carbamates (subject to hydrolysis) is 1.